The van der Waals surface area contributed by atoms with Crippen molar-refractivity contribution in [2.75, 3.05) is 6.61 Å². The maximum atomic E-state index is 11.7. The Morgan fingerprint density at radius 3 is 2.61 bits per heavy atom. The summed E-state index contributed by atoms with van der Waals surface area (Å²) in [6, 6.07) is -0.355. The number of carbonyl (C=O) groups is 1. The molecule has 2 fully saturated rings. The Bertz CT molecular complexity index is 386. The predicted molar refractivity (Wildman–Crippen MR) is 72.8 cm³/mol. The van der Waals surface area contributed by atoms with Gasteiger partial charge in [-0.3, -0.25) is 4.99 Å². The van der Waals surface area contributed by atoms with Crippen LogP contribution >= 0.6 is 0 Å². The lowest BCUT2D eigenvalue weighted by atomic mass is 9.70. The molecule has 2 saturated carbocycles. The zero-order chi connectivity index (χ0) is 13.6. The monoisotopic (exact) mass is 251 g/mol. The standard InChI is InChI=1S/C15H25NO2/c1-6-18-13(17)10(2)16-12-9-11-7-8-15(12,5)14(11,3)4/h10-11H,6-9H2,1-5H3/t10-,11-,15+/m1/s1. The predicted octanol–water partition coefficient (Wildman–Crippen LogP) is 3.23. The molecule has 0 N–H and O–H groups in total. The van der Waals surface area contributed by atoms with E-state index in [-0.39, 0.29) is 17.4 Å². The highest BCUT2D eigenvalue weighted by Crippen LogP contribution is 2.64. The van der Waals surface area contributed by atoms with Crippen molar-refractivity contribution in [3.63, 3.8) is 0 Å². The Balaban J connectivity index is 2.19. The molecule has 0 aromatic carbocycles. The molecule has 2 bridgehead atoms. The van der Waals surface area contributed by atoms with Gasteiger partial charge in [-0.05, 0) is 44.4 Å². The summed E-state index contributed by atoms with van der Waals surface area (Å²) >= 11 is 0. The Kier molecular flexibility index (Phi) is 3.28. The molecule has 3 atom stereocenters. The van der Waals surface area contributed by atoms with Crippen LogP contribution in [-0.2, 0) is 9.53 Å². The van der Waals surface area contributed by atoms with Crippen LogP contribution in [0.2, 0.25) is 0 Å². The Morgan fingerprint density at radius 1 is 1.50 bits per heavy atom. The zero-order valence-corrected chi connectivity index (χ0v) is 12.2. The number of nitrogens with zero attached hydrogens (tertiary/aromatic N) is 1. The maximum Gasteiger partial charge on any atom is 0.330 e. The highest BCUT2D eigenvalue weighted by Gasteiger charge is 2.59. The summed E-state index contributed by atoms with van der Waals surface area (Å²) in [6.07, 6.45) is 3.57. The molecule has 0 aromatic heterocycles. The number of aliphatic imine (C=N–C) groups is 1. The van der Waals surface area contributed by atoms with Gasteiger partial charge in [0.05, 0.1) is 6.61 Å². The van der Waals surface area contributed by atoms with E-state index in [1.54, 1.807) is 0 Å². The molecule has 0 spiro atoms. The van der Waals surface area contributed by atoms with Gasteiger partial charge in [-0.2, -0.15) is 0 Å². The van der Waals surface area contributed by atoms with E-state index in [1.165, 1.54) is 18.6 Å². The number of hydrogen-bond donors (Lipinski definition) is 0. The number of rotatable bonds is 3. The summed E-state index contributed by atoms with van der Waals surface area (Å²) in [4.78, 5) is 16.4. The van der Waals surface area contributed by atoms with Crippen LogP contribution in [0.3, 0.4) is 0 Å². The molecule has 102 valence electrons. The van der Waals surface area contributed by atoms with Crippen LogP contribution in [0.5, 0.6) is 0 Å². The smallest absolute Gasteiger partial charge is 0.330 e. The summed E-state index contributed by atoms with van der Waals surface area (Å²) in [5.74, 6) is 0.532. The third kappa shape index (κ3) is 1.79. The van der Waals surface area contributed by atoms with Crippen LogP contribution in [0, 0.1) is 16.7 Å². The number of ether oxygens (including phenoxy) is 1. The van der Waals surface area contributed by atoms with E-state index >= 15 is 0 Å². The van der Waals surface area contributed by atoms with Crippen LogP contribution in [0.4, 0.5) is 0 Å². The molecular formula is C15H25NO2. The minimum Gasteiger partial charge on any atom is -0.464 e. The van der Waals surface area contributed by atoms with Crippen molar-refractivity contribution in [3.8, 4) is 0 Å². The van der Waals surface area contributed by atoms with Gasteiger partial charge in [-0.1, -0.05) is 20.8 Å². The SMILES string of the molecule is CCOC(=O)[C@@H](C)N=C1C[C@H]2CC[C@]1(C)C2(C)C. The van der Waals surface area contributed by atoms with Crippen molar-refractivity contribution in [1.29, 1.82) is 0 Å². The van der Waals surface area contributed by atoms with Crippen molar-refractivity contribution < 1.29 is 9.53 Å². The molecular weight excluding hydrogens is 226 g/mol. The fraction of sp³-hybridized carbons (Fsp3) is 0.867. The Hall–Kier alpha value is -0.860. The average molecular weight is 251 g/mol. The van der Waals surface area contributed by atoms with Gasteiger partial charge in [0.15, 0.2) is 0 Å². The summed E-state index contributed by atoms with van der Waals surface area (Å²) < 4.78 is 5.03. The van der Waals surface area contributed by atoms with Gasteiger partial charge in [0.1, 0.15) is 6.04 Å². The minimum absolute atomic E-state index is 0.179. The van der Waals surface area contributed by atoms with Crippen LogP contribution in [0.25, 0.3) is 0 Å². The molecule has 0 unspecified atom stereocenters. The van der Waals surface area contributed by atoms with Crippen LogP contribution in [0.15, 0.2) is 4.99 Å². The first-order valence-corrected chi connectivity index (χ1v) is 7.06. The van der Waals surface area contributed by atoms with Crippen molar-refractivity contribution in [2.45, 2.75) is 59.9 Å². The topological polar surface area (TPSA) is 38.7 Å². The molecule has 0 amide bonds. The largest absolute Gasteiger partial charge is 0.464 e. The van der Waals surface area contributed by atoms with E-state index in [2.05, 4.69) is 25.8 Å². The maximum absolute atomic E-state index is 11.7. The highest BCUT2D eigenvalue weighted by molar-refractivity contribution is 5.95. The van der Waals surface area contributed by atoms with Crippen LogP contribution < -0.4 is 0 Å². The van der Waals surface area contributed by atoms with E-state index in [1.807, 2.05) is 13.8 Å². The number of carbonyl (C=O) groups excluding carboxylic acids is 1. The van der Waals surface area contributed by atoms with Crippen molar-refractivity contribution >= 4 is 11.7 Å². The van der Waals surface area contributed by atoms with E-state index in [9.17, 15) is 4.79 Å². The lowest BCUT2D eigenvalue weighted by Gasteiger charge is -2.34. The van der Waals surface area contributed by atoms with Gasteiger partial charge in [0.25, 0.3) is 0 Å². The molecule has 2 aliphatic carbocycles. The van der Waals surface area contributed by atoms with Gasteiger partial charge >= 0.3 is 5.97 Å². The molecule has 3 nitrogen and oxygen atoms in total. The summed E-state index contributed by atoms with van der Waals surface area (Å²) in [6.45, 7) is 11.1. The quantitative estimate of drug-likeness (QED) is 0.722. The molecule has 0 saturated heterocycles. The third-order valence-corrected chi connectivity index (χ3v) is 5.49. The highest BCUT2D eigenvalue weighted by atomic mass is 16.5. The molecule has 3 heteroatoms. The summed E-state index contributed by atoms with van der Waals surface area (Å²) in [5.41, 5.74) is 1.74. The van der Waals surface area contributed by atoms with Gasteiger partial charge < -0.3 is 4.74 Å². The number of hydrogen-bond acceptors (Lipinski definition) is 3. The fourth-order valence-electron chi connectivity index (χ4n) is 3.67. The number of esters is 1. The normalized spacial score (nSPS) is 36.9. The Labute approximate surface area is 110 Å². The van der Waals surface area contributed by atoms with Crippen molar-refractivity contribution in [2.24, 2.45) is 21.7 Å². The van der Waals surface area contributed by atoms with Crippen LogP contribution in [0.1, 0.15) is 53.9 Å². The summed E-state index contributed by atoms with van der Waals surface area (Å²) in [5, 5.41) is 0. The second-order valence-corrected chi connectivity index (χ2v) is 6.50. The molecule has 2 aliphatic rings. The second kappa shape index (κ2) is 4.36. The second-order valence-electron chi connectivity index (χ2n) is 6.50. The van der Waals surface area contributed by atoms with E-state index in [0.717, 1.165) is 12.3 Å². The fourth-order valence-corrected chi connectivity index (χ4v) is 3.67. The average Bonchev–Trinajstić information content (AvgIpc) is 2.62. The van der Waals surface area contributed by atoms with Crippen LogP contribution in [-0.4, -0.2) is 24.3 Å². The van der Waals surface area contributed by atoms with Gasteiger partial charge in [-0.15, -0.1) is 0 Å². The van der Waals surface area contributed by atoms with Crippen molar-refractivity contribution in [3.05, 3.63) is 0 Å². The Morgan fingerprint density at radius 2 is 2.17 bits per heavy atom. The van der Waals surface area contributed by atoms with E-state index in [0.29, 0.717) is 12.0 Å². The zero-order valence-electron chi connectivity index (χ0n) is 12.2. The van der Waals surface area contributed by atoms with Crippen molar-refractivity contribution in [1.82, 2.24) is 0 Å². The molecule has 0 radical (unpaired) electrons. The molecule has 0 aliphatic heterocycles. The summed E-state index contributed by atoms with van der Waals surface area (Å²) in [7, 11) is 0. The first-order valence-electron chi connectivity index (χ1n) is 7.06. The van der Waals surface area contributed by atoms with E-state index in [4.69, 9.17) is 4.74 Å². The third-order valence-electron chi connectivity index (χ3n) is 5.49. The molecule has 0 heterocycles. The van der Waals surface area contributed by atoms with Gasteiger partial charge in [-0.25, -0.2) is 4.79 Å². The lowest BCUT2D eigenvalue weighted by Crippen LogP contribution is -2.34. The molecule has 2 rings (SSSR count). The molecule has 18 heavy (non-hydrogen) atoms. The minimum atomic E-state index is -0.355. The molecule has 0 aromatic rings. The van der Waals surface area contributed by atoms with Gasteiger partial charge in [0, 0.05) is 11.1 Å². The first kappa shape index (κ1) is 13.6. The van der Waals surface area contributed by atoms with Gasteiger partial charge in [0.2, 0.25) is 0 Å². The van der Waals surface area contributed by atoms with E-state index < -0.39 is 0 Å². The first-order chi connectivity index (χ1) is 8.33. The number of fused-ring (bicyclic) bond motifs is 2. The lowest BCUT2D eigenvalue weighted by molar-refractivity contribution is -0.144.